The molecule has 8 heteroatoms. The molecule has 0 amide bonds. The van der Waals surface area contributed by atoms with Gasteiger partial charge in [0.1, 0.15) is 29.9 Å². The average Bonchev–Trinajstić information content (AvgIpc) is 3.10. The molecule has 2 aromatic rings. The van der Waals surface area contributed by atoms with Crippen LogP contribution in [0.5, 0.6) is 5.75 Å². The predicted octanol–water partition coefficient (Wildman–Crippen LogP) is 3.64. The summed E-state index contributed by atoms with van der Waals surface area (Å²) in [6.45, 7) is 11.1. The zero-order valence-corrected chi connectivity index (χ0v) is 20.4. The van der Waals surface area contributed by atoms with Crippen LogP contribution < -0.4 is 9.64 Å². The molecule has 1 aromatic carbocycles. The minimum Gasteiger partial charge on any atom is -0.489 e. The summed E-state index contributed by atoms with van der Waals surface area (Å²) in [5, 5.41) is 18.2. The van der Waals surface area contributed by atoms with Crippen LogP contribution in [0.4, 0.5) is 5.69 Å². The van der Waals surface area contributed by atoms with E-state index >= 15 is 0 Å². The van der Waals surface area contributed by atoms with E-state index in [1.165, 1.54) is 0 Å². The number of pyridine rings is 1. The van der Waals surface area contributed by atoms with Crippen LogP contribution in [-0.2, 0) is 23.2 Å². The number of carboxylic acid groups (broad SMARTS) is 1. The molecule has 2 N–H and O–H groups in total. The Labute approximate surface area is 200 Å². The van der Waals surface area contributed by atoms with E-state index in [0.29, 0.717) is 42.4 Å². The van der Waals surface area contributed by atoms with E-state index in [-0.39, 0.29) is 23.6 Å². The highest BCUT2D eigenvalue weighted by Gasteiger charge is 2.34. The summed E-state index contributed by atoms with van der Waals surface area (Å²) in [6, 6.07) is 6.80. The smallest absolute Gasteiger partial charge is 0.326 e. The SMILES string of the molecule is CCc1ccc2c(n1)C(=N)N(CC(=O)c1cc3c(c(C(C)(C)C)c1)OCCN3C(C)C(=O)O)C2. The number of fused-ring (bicyclic) bond motifs is 2. The average molecular weight is 465 g/mol. The standard InChI is InChI=1S/C26H32N4O4/c1-6-18-8-7-16-13-29(24(27)22(16)28-18)14-21(31)17-11-19(26(3,4)5)23-20(12-17)30(9-10-34-23)15(2)25(32)33/h7-8,11-12,15,27H,6,9-10,13-14H2,1-5H3,(H,32,33). The maximum Gasteiger partial charge on any atom is 0.326 e. The summed E-state index contributed by atoms with van der Waals surface area (Å²) in [7, 11) is 0. The van der Waals surface area contributed by atoms with Gasteiger partial charge in [0.2, 0.25) is 0 Å². The quantitative estimate of drug-likeness (QED) is 0.629. The van der Waals surface area contributed by atoms with Gasteiger partial charge in [0.25, 0.3) is 0 Å². The number of aromatic nitrogens is 1. The minimum atomic E-state index is -0.927. The number of aliphatic carboxylic acids is 1. The molecule has 1 atom stereocenters. The van der Waals surface area contributed by atoms with Gasteiger partial charge < -0.3 is 19.6 Å². The summed E-state index contributed by atoms with van der Waals surface area (Å²) in [4.78, 5) is 33.3. The summed E-state index contributed by atoms with van der Waals surface area (Å²) < 4.78 is 5.99. The van der Waals surface area contributed by atoms with Gasteiger partial charge in [-0.3, -0.25) is 10.2 Å². The number of rotatable bonds is 6. The van der Waals surface area contributed by atoms with Crippen molar-refractivity contribution >= 4 is 23.3 Å². The highest BCUT2D eigenvalue weighted by Crippen LogP contribution is 2.42. The molecule has 0 saturated carbocycles. The van der Waals surface area contributed by atoms with Crippen LogP contribution >= 0.6 is 0 Å². The van der Waals surface area contributed by atoms with Crippen molar-refractivity contribution in [3.05, 3.63) is 52.3 Å². The molecule has 0 fully saturated rings. The zero-order chi connectivity index (χ0) is 24.8. The summed E-state index contributed by atoms with van der Waals surface area (Å²) >= 11 is 0. The third kappa shape index (κ3) is 4.24. The van der Waals surface area contributed by atoms with Crippen LogP contribution in [0.1, 0.15) is 67.5 Å². The third-order valence-corrected chi connectivity index (χ3v) is 6.55. The van der Waals surface area contributed by atoms with Gasteiger partial charge in [0.05, 0.1) is 18.8 Å². The van der Waals surface area contributed by atoms with Crippen molar-refractivity contribution in [2.24, 2.45) is 0 Å². The number of amidine groups is 1. The summed E-state index contributed by atoms with van der Waals surface area (Å²) in [6.07, 6.45) is 0.789. The molecule has 1 unspecified atom stereocenters. The van der Waals surface area contributed by atoms with Crippen LogP contribution in [0.3, 0.4) is 0 Å². The zero-order valence-electron chi connectivity index (χ0n) is 20.4. The van der Waals surface area contributed by atoms with Crippen LogP contribution in [0.25, 0.3) is 0 Å². The molecular formula is C26H32N4O4. The molecule has 4 rings (SSSR count). The lowest BCUT2D eigenvalue weighted by atomic mass is 9.84. The van der Waals surface area contributed by atoms with Crippen molar-refractivity contribution in [3.8, 4) is 5.75 Å². The molecule has 2 aliphatic heterocycles. The Kier molecular flexibility index (Phi) is 6.10. The van der Waals surface area contributed by atoms with E-state index in [1.54, 1.807) is 22.8 Å². The van der Waals surface area contributed by atoms with Gasteiger partial charge in [-0.1, -0.05) is 33.8 Å². The number of carbonyl (C=O) groups is 2. The molecule has 180 valence electrons. The normalized spacial score (nSPS) is 16.1. The van der Waals surface area contributed by atoms with E-state index in [0.717, 1.165) is 23.2 Å². The Balaban J connectivity index is 1.68. The predicted molar refractivity (Wildman–Crippen MR) is 130 cm³/mol. The number of benzene rings is 1. The van der Waals surface area contributed by atoms with E-state index < -0.39 is 12.0 Å². The summed E-state index contributed by atoms with van der Waals surface area (Å²) in [5.74, 6) is -0.155. The van der Waals surface area contributed by atoms with Crippen LogP contribution in [0, 0.1) is 5.41 Å². The Hall–Kier alpha value is -3.42. The van der Waals surface area contributed by atoms with Gasteiger partial charge in [-0.2, -0.15) is 0 Å². The highest BCUT2D eigenvalue weighted by molar-refractivity contribution is 6.05. The van der Waals surface area contributed by atoms with Crippen molar-refractivity contribution in [2.75, 3.05) is 24.6 Å². The Bertz CT molecular complexity index is 1170. The second-order valence-corrected chi connectivity index (χ2v) is 9.97. The summed E-state index contributed by atoms with van der Waals surface area (Å²) in [5.41, 5.74) is 4.19. The highest BCUT2D eigenvalue weighted by atomic mass is 16.5. The van der Waals surface area contributed by atoms with E-state index in [1.807, 2.05) is 45.9 Å². The van der Waals surface area contributed by atoms with Gasteiger partial charge in [0, 0.05) is 28.9 Å². The number of carbonyl (C=O) groups excluding carboxylic acids is 1. The van der Waals surface area contributed by atoms with Crippen LogP contribution in [0.2, 0.25) is 0 Å². The van der Waals surface area contributed by atoms with Crippen molar-refractivity contribution < 1.29 is 19.4 Å². The number of Topliss-reactive ketones (excluding diaryl/α,β-unsaturated/α-hetero) is 1. The maximum absolute atomic E-state index is 13.5. The fraction of sp³-hybridized carbons (Fsp3) is 0.462. The first-order valence-corrected chi connectivity index (χ1v) is 11.7. The first-order valence-electron chi connectivity index (χ1n) is 11.7. The molecule has 0 aliphatic carbocycles. The Morgan fingerprint density at radius 2 is 2.00 bits per heavy atom. The topological polar surface area (TPSA) is 107 Å². The monoisotopic (exact) mass is 464 g/mol. The van der Waals surface area contributed by atoms with E-state index in [9.17, 15) is 14.7 Å². The second kappa shape index (κ2) is 8.74. The fourth-order valence-electron chi connectivity index (χ4n) is 4.49. The number of hydrogen-bond donors (Lipinski definition) is 2. The van der Waals surface area contributed by atoms with E-state index in [4.69, 9.17) is 10.1 Å². The largest absolute Gasteiger partial charge is 0.489 e. The molecule has 34 heavy (non-hydrogen) atoms. The number of nitrogens with one attached hydrogen (secondary N) is 1. The number of ketones is 1. The molecule has 2 aliphatic rings. The van der Waals surface area contributed by atoms with Crippen molar-refractivity contribution in [1.82, 2.24) is 9.88 Å². The Morgan fingerprint density at radius 1 is 1.26 bits per heavy atom. The van der Waals surface area contributed by atoms with Gasteiger partial charge in [0.15, 0.2) is 5.78 Å². The van der Waals surface area contributed by atoms with E-state index in [2.05, 4.69) is 4.98 Å². The van der Waals surface area contributed by atoms with Crippen LogP contribution in [0.15, 0.2) is 24.3 Å². The van der Waals surface area contributed by atoms with Crippen LogP contribution in [-0.4, -0.2) is 58.3 Å². The fourth-order valence-corrected chi connectivity index (χ4v) is 4.49. The first-order chi connectivity index (χ1) is 16.0. The van der Waals surface area contributed by atoms with Crippen molar-refractivity contribution in [1.29, 1.82) is 5.41 Å². The lowest BCUT2D eigenvalue weighted by molar-refractivity contribution is -0.138. The number of ether oxygens (including phenoxy) is 1. The van der Waals surface area contributed by atoms with Gasteiger partial charge in [-0.05, 0) is 37.0 Å². The minimum absolute atomic E-state index is 0.0500. The lowest BCUT2D eigenvalue weighted by Gasteiger charge is -2.37. The maximum atomic E-state index is 13.5. The molecule has 0 spiro atoms. The molecule has 0 bridgehead atoms. The van der Waals surface area contributed by atoms with Crippen molar-refractivity contribution in [3.63, 3.8) is 0 Å². The molecule has 3 heterocycles. The molecule has 1 aromatic heterocycles. The molecule has 0 radical (unpaired) electrons. The number of aryl methyl sites for hydroxylation is 1. The lowest BCUT2D eigenvalue weighted by Crippen LogP contribution is -2.44. The molecular weight excluding hydrogens is 432 g/mol. The number of nitrogens with zero attached hydrogens (tertiary/aromatic N) is 3. The number of anilines is 1. The van der Waals surface area contributed by atoms with Gasteiger partial charge in [-0.15, -0.1) is 0 Å². The van der Waals surface area contributed by atoms with Gasteiger partial charge in [-0.25, -0.2) is 9.78 Å². The van der Waals surface area contributed by atoms with Crippen molar-refractivity contribution in [2.45, 2.75) is 59.0 Å². The first kappa shape index (κ1) is 23.7. The third-order valence-electron chi connectivity index (χ3n) is 6.55. The number of carboxylic acids is 1. The van der Waals surface area contributed by atoms with Gasteiger partial charge >= 0.3 is 5.97 Å². The number of hydrogen-bond acceptors (Lipinski definition) is 6. The molecule has 0 saturated heterocycles. The second-order valence-electron chi connectivity index (χ2n) is 9.97. The Morgan fingerprint density at radius 3 is 2.65 bits per heavy atom. The molecule has 8 nitrogen and oxygen atoms in total.